The number of anilines is 2. The molecule has 1 heterocycles. The van der Waals surface area contributed by atoms with E-state index in [0.29, 0.717) is 36.8 Å². The number of ether oxygens (including phenoxy) is 1. The summed E-state index contributed by atoms with van der Waals surface area (Å²) in [5, 5.41) is 3.43. The number of hydrogen-bond donors (Lipinski definition) is 2. The summed E-state index contributed by atoms with van der Waals surface area (Å²) in [4.78, 5) is 14.2. The van der Waals surface area contributed by atoms with E-state index in [9.17, 15) is 4.79 Å². The van der Waals surface area contributed by atoms with Gasteiger partial charge in [-0.2, -0.15) is 0 Å². The van der Waals surface area contributed by atoms with Crippen molar-refractivity contribution >= 4 is 28.9 Å². The lowest BCUT2D eigenvalue weighted by Crippen LogP contribution is -2.54. The van der Waals surface area contributed by atoms with Crippen molar-refractivity contribution in [2.45, 2.75) is 18.4 Å². The first-order valence-corrected chi connectivity index (χ1v) is 6.95. The highest BCUT2D eigenvalue weighted by Crippen LogP contribution is 2.28. The summed E-state index contributed by atoms with van der Waals surface area (Å²) in [5.41, 5.74) is 6.83. The van der Waals surface area contributed by atoms with Gasteiger partial charge in [-0.3, -0.25) is 4.79 Å². The van der Waals surface area contributed by atoms with Crippen molar-refractivity contribution < 1.29 is 9.53 Å². The average Bonchev–Trinajstić information content (AvgIpc) is 2.39. The summed E-state index contributed by atoms with van der Waals surface area (Å²) in [5.74, 6) is -0.186. The maximum atomic E-state index is 12.3. The number of hydrogen-bond acceptors (Lipinski definition) is 4. The lowest BCUT2D eigenvalue weighted by atomic mass is 9.90. The van der Waals surface area contributed by atoms with Crippen LogP contribution in [0.1, 0.15) is 12.8 Å². The van der Waals surface area contributed by atoms with Gasteiger partial charge in [-0.05, 0) is 31.0 Å². The lowest BCUT2D eigenvalue weighted by molar-refractivity contribution is -0.124. The number of amides is 1. The highest BCUT2D eigenvalue weighted by Gasteiger charge is 2.35. The molecule has 0 aromatic heterocycles. The lowest BCUT2D eigenvalue weighted by Gasteiger charge is -2.31. The standard InChI is InChI=1S/C14H20ClN3O2/c1-18(2)12-4-3-10(9-11(12)15)17-13(19)14(16)5-7-20-8-6-14/h3-4,9H,5-8,16H2,1-2H3,(H,17,19). The van der Waals surface area contributed by atoms with E-state index in [0.717, 1.165) is 5.69 Å². The third-order valence-electron chi connectivity index (χ3n) is 3.52. The minimum atomic E-state index is -0.856. The second-order valence-electron chi connectivity index (χ2n) is 5.28. The van der Waals surface area contributed by atoms with Crippen LogP contribution in [-0.4, -0.2) is 38.8 Å². The first kappa shape index (κ1) is 15.1. The molecule has 1 aromatic rings. The molecule has 1 saturated heterocycles. The fourth-order valence-corrected chi connectivity index (χ4v) is 2.52. The van der Waals surface area contributed by atoms with Crippen molar-refractivity contribution in [2.75, 3.05) is 37.5 Å². The molecule has 0 atom stereocenters. The van der Waals surface area contributed by atoms with Gasteiger partial charge in [0.25, 0.3) is 0 Å². The van der Waals surface area contributed by atoms with Crippen molar-refractivity contribution in [3.63, 3.8) is 0 Å². The topological polar surface area (TPSA) is 67.6 Å². The fourth-order valence-electron chi connectivity index (χ4n) is 2.17. The van der Waals surface area contributed by atoms with Gasteiger partial charge >= 0.3 is 0 Å². The quantitative estimate of drug-likeness (QED) is 0.893. The second kappa shape index (κ2) is 5.99. The molecule has 5 nitrogen and oxygen atoms in total. The van der Waals surface area contributed by atoms with Crippen LogP contribution in [0.2, 0.25) is 5.02 Å². The highest BCUT2D eigenvalue weighted by molar-refractivity contribution is 6.33. The molecule has 6 heteroatoms. The van der Waals surface area contributed by atoms with Gasteiger partial charge in [0.1, 0.15) is 5.54 Å². The second-order valence-corrected chi connectivity index (χ2v) is 5.69. The molecule has 0 saturated carbocycles. The maximum Gasteiger partial charge on any atom is 0.244 e. The van der Waals surface area contributed by atoms with Crippen LogP contribution < -0.4 is 16.0 Å². The molecular formula is C14H20ClN3O2. The minimum absolute atomic E-state index is 0.186. The normalized spacial score (nSPS) is 17.6. The number of carbonyl (C=O) groups excluding carboxylic acids is 1. The number of benzene rings is 1. The monoisotopic (exact) mass is 297 g/mol. The van der Waals surface area contributed by atoms with Crippen molar-refractivity contribution in [1.29, 1.82) is 0 Å². The van der Waals surface area contributed by atoms with E-state index in [1.165, 1.54) is 0 Å². The summed E-state index contributed by atoms with van der Waals surface area (Å²) < 4.78 is 5.24. The predicted molar refractivity (Wildman–Crippen MR) is 81.4 cm³/mol. The number of carbonyl (C=O) groups is 1. The van der Waals surface area contributed by atoms with E-state index in [-0.39, 0.29) is 5.91 Å². The van der Waals surface area contributed by atoms with Crippen LogP contribution >= 0.6 is 11.6 Å². The molecule has 20 heavy (non-hydrogen) atoms. The van der Waals surface area contributed by atoms with Crippen LogP contribution in [0.3, 0.4) is 0 Å². The molecular weight excluding hydrogens is 278 g/mol. The SMILES string of the molecule is CN(C)c1ccc(NC(=O)C2(N)CCOCC2)cc1Cl. The molecule has 0 aliphatic carbocycles. The predicted octanol–water partition coefficient (Wildman–Crippen LogP) is 1.85. The number of halogens is 1. The van der Waals surface area contributed by atoms with Gasteiger partial charge in [0, 0.05) is 33.0 Å². The van der Waals surface area contributed by atoms with E-state index in [1.807, 2.05) is 31.1 Å². The Kier molecular flexibility index (Phi) is 4.52. The van der Waals surface area contributed by atoms with Crippen molar-refractivity contribution in [2.24, 2.45) is 5.73 Å². The third kappa shape index (κ3) is 3.23. The Morgan fingerprint density at radius 1 is 1.40 bits per heavy atom. The van der Waals surface area contributed by atoms with Crippen molar-refractivity contribution in [1.82, 2.24) is 0 Å². The van der Waals surface area contributed by atoms with E-state index >= 15 is 0 Å². The molecule has 0 spiro atoms. The molecule has 0 radical (unpaired) electrons. The molecule has 1 fully saturated rings. The number of nitrogens with two attached hydrogens (primary N) is 1. The zero-order valence-corrected chi connectivity index (χ0v) is 12.5. The van der Waals surface area contributed by atoms with Gasteiger partial charge in [-0.1, -0.05) is 11.6 Å². The number of rotatable bonds is 3. The molecule has 1 aliphatic heterocycles. The third-order valence-corrected chi connectivity index (χ3v) is 3.83. The summed E-state index contributed by atoms with van der Waals surface area (Å²) in [7, 11) is 3.83. The van der Waals surface area contributed by atoms with E-state index in [1.54, 1.807) is 6.07 Å². The van der Waals surface area contributed by atoms with Gasteiger partial charge in [-0.15, -0.1) is 0 Å². The van der Waals surface area contributed by atoms with Crippen molar-refractivity contribution in [3.8, 4) is 0 Å². The Bertz CT molecular complexity index is 499. The molecule has 1 aromatic carbocycles. The van der Waals surface area contributed by atoms with Crippen LogP contribution in [0, 0.1) is 0 Å². The molecule has 110 valence electrons. The average molecular weight is 298 g/mol. The molecule has 0 unspecified atom stereocenters. The Morgan fingerprint density at radius 2 is 2.05 bits per heavy atom. The van der Waals surface area contributed by atoms with Gasteiger partial charge in [0.2, 0.25) is 5.91 Å². The van der Waals surface area contributed by atoms with Gasteiger partial charge in [0.15, 0.2) is 0 Å². The smallest absolute Gasteiger partial charge is 0.244 e. The zero-order chi connectivity index (χ0) is 14.8. The van der Waals surface area contributed by atoms with Crippen LogP contribution in [0.5, 0.6) is 0 Å². The van der Waals surface area contributed by atoms with Crippen molar-refractivity contribution in [3.05, 3.63) is 23.2 Å². The Labute approximate surface area is 124 Å². The number of nitrogens with zero attached hydrogens (tertiary/aromatic N) is 1. The number of nitrogens with one attached hydrogen (secondary N) is 1. The van der Waals surface area contributed by atoms with Gasteiger partial charge in [0.05, 0.1) is 10.7 Å². The molecule has 1 aliphatic rings. The van der Waals surface area contributed by atoms with E-state index in [4.69, 9.17) is 22.1 Å². The summed E-state index contributed by atoms with van der Waals surface area (Å²) >= 11 is 6.18. The molecule has 2 rings (SSSR count). The minimum Gasteiger partial charge on any atom is -0.381 e. The van der Waals surface area contributed by atoms with Gasteiger partial charge in [-0.25, -0.2) is 0 Å². The first-order valence-electron chi connectivity index (χ1n) is 6.57. The van der Waals surface area contributed by atoms with Crippen LogP contribution in [0.25, 0.3) is 0 Å². The molecule has 1 amide bonds. The fraction of sp³-hybridized carbons (Fsp3) is 0.500. The molecule has 3 N–H and O–H groups in total. The summed E-state index contributed by atoms with van der Waals surface area (Å²) in [6, 6.07) is 5.42. The summed E-state index contributed by atoms with van der Waals surface area (Å²) in [6.45, 7) is 1.04. The summed E-state index contributed by atoms with van der Waals surface area (Å²) in [6.07, 6.45) is 1.06. The Balaban J connectivity index is 2.10. The van der Waals surface area contributed by atoms with Crippen LogP contribution in [0.4, 0.5) is 11.4 Å². The van der Waals surface area contributed by atoms with E-state index in [2.05, 4.69) is 5.32 Å². The van der Waals surface area contributed by atoms with Gasteiger partial charge < -0.3 is 20.7 Å². The Morgan fingerprint density at radius 3 is 2.60 bits per heavy atom. The van der Waals surface area contributed by atoms with Crippen LogP contribution in [0.15, 0.2) is 18.2 Å². The maximum absolute atomic E-state index is 12.3. The highest BCUT2D eigenvalue weighted by atomic mass is 35.5. The van der Waals surface area contributed by atoms with Crippen LogP contribution in [-0.2, 0) is 9.53 Å². The van der Waals surface area contributed by atoms with E-state index < -0.39 is 5.54 Å². The largest absolute Gasteiger partial charge is 0.381 e. The first-order chi connectivity index (χ1) is 9.42. The zero-order valence-electron chi connectivity index (χ0n) is 11.8. The molecule has 0 bridgehead atoms. The Hall–Kier alpha value is -1.30.